The van der Waals surface area contributed by atoms with Crippen molar-refractivity contribution in [3.8, 4) is 11.1 Å². The van der Waals surface area contributed by atoms with Crippen LogP contribution in [0.25, 0.3) is 11.1 Å². The van der Waals surface area contributed by atoms with Crippen LogP contribution in [0.15, 0.2) is 53.0 Å². The van der Waals surface area contributed by atoms with E-state index in [2.05, 4.69) is 28.1 Å². The van der Waals surface area contributed by atoms with E-state index in [1.807, 2.05) is 55.4 Å². The molecule has 0 radical (unpaired) electrons. The SMILES string of the molecule is CN(C)CCC(=O)c1ccc(-c2ccc(Br)cc2)cc1. The summed E-state index contributed by atoms with van der Waals surface area (Å²) in [6, 6.07) is 16.0. The maximum Gasteiger partial charge on any atom is 0.164 e. The predicted molar refractivity (Wildman–Crippen MR) is 87.1 cm³/mol. The molecule has 0 heterocycles. The van der Waals surface area contributed by atoms with Gasteiger partial charge in [-0.3, -0.25) is 4.79 Å². The summed E-state index contributed by atoms with van der Waals surface area (Å²) in [5.74, 6) is 0.195. The number of carbonyl (C=O) groups is 1. The van der Waals surface area contributed by atoms with Gasteiger partial charge in [-0.1, -0.05) is 52.3 Å². The van der Waals surface area contributed by atoms with Gasteiger partial charge in [-0.15, -0.1) is 0 Å². The van der Waals surface area contributed by atoms with E-state index in [0.29, 0.717) is 6.42 Å². The number of rotatable bonds is 5. The number of hydrogen-bond acceptors (Lipinski definition) is 2. The van der Waals surface area contributed by atoms with Crippen molar-refractivity contribution in [1.29, 1.82) is 0 Å². The maximum absolute atomic E-state index is 12.0. The smallest absolute Gasteiger partial charge is 0.164 e. The molecular weight excluding hydrogens is 314 g/mol. The normalized spacial score (nSPS) is 10.8. The second-order valence-corrected chi connectivity index (χ2v) is 5.98. The van der Waals surface area contributed by atoms with Gasteiger partial charge in [-0.2, -0.15) is 0 Å². The summed E-state index contributed by atoms with van der Waals surface area (Å²) in [4.78, 5) is 14.0. The second-order valence-electron chi connectivity index (χ2n) is 5.06. The van der Waals surface area contributed by atoms with E-state index in [-0.39, 0.29) is 5.78 Å². The number of nitrogens with zero attached hydrogens (tertiary/aromatic N) is 1. The Hall–Kier alpha value is -1.45. The topological polar surface area (TPSA) is 20.3 Å². The van der Waals surface area contributed by atoms with Crippen LogP contribution in [0.2, 0.25) is 0 Å². The third kappa shape index (κ3) is 4.02. The Morgan fingerprint density at radius 2 is 1.45 bits per heavy atom. The molecule has 0 atom stereocenters. The fourth-order valence-corrected chi connectivity index (χ4v) is 2.22. The fourth-order valence-electron chi connectivity index (χ4n) is 1.96. The van der Waals surface area contributed by atoms with E-state index in [1.54, 1.807) is 0 Å². The molecule has 0 spiro atoms. The zero-order valence-corrected chi connectivity index (χ0v) is 13.4. The van der Waals surface area contributed by atoms with Crippen LogP contribution < -0.4 is 0 Å². The monoisotopic (exact) mass is 331 g/mol. The average molecular weight is 332 g/mol. The molecule has 0 unspecified atom stereocenters. The molecule has 2 aromatic rings. The van der Waals surface area contributed by atoms with Gasteiger partial charge >= 0.3 is 0 Å². The van der Waals surface area contributed by atoms with Crippen molar-refractivity contribution in [1.82, 2.24) is 4.90 Å². The first-order chi connectivity index (χ1) is 9.56. The van der Waals surface area contributed by atoms with Gasteiger partial charge in [0.15, 0.2) is 5.78 Å². The van der Waals surface area contributed by atoms with Gasteiger partial charge in [-0.05, 0) is 37.4 Å². The molecule has 2 aromatic carbocycles. The summed E-state index contributed by atoms with van der Waals surface area (Å²) < 4.78 is 1.07. The molecule has 0 N–H and O–H groups in total. The summed E-state index contributed by atoms with van der Waals surface area (Å²) in [6.07, 6.45) is 0.560. The molecule has 0 aromatic heterocycles. The molecule has 0 amide bonds. The molecular formula is C17H18BrNO. The molecule has 104 valence electrons. The minimum atomic E-state index is 0.195. The molecule has 20 heavy (non-hydrogen) atoms. The number of ketones is 1. The van der Waals surface area contributed by atoms with Crippen LogP contribution in [0.5, 0.6) is 0 Å². The highest BCUT2D eigenvalue weighted by atomic mass is 79.9. The van der Waals surface area contributed by atoms with E-state index in [0.717, 1.165) is 27.7 Å². The van der Waals surface area contributed by atoms with Gasteiger partial charge < -0.3 is 4.90 Å². The van der Waals surface area contributed by atoms with Crippen molar-refractivity contribution in [3.05, 3.63) is 58.6 Å². The average Bonchev–Trinajstić information content (AvgIpc) is 2.46. The molecule has 2 nitrogen and oxygen atoms in total. The van der Waals surface area contributed by atoms with Crippen LogP contribution in [0.4, 0.5) is 0 Å². The van der Waals surface area contributed by atoms with Crippen molar-refractivity contribution in [3.63, 3.8) is 0 Å². The van der Waals surface area contributed by atoms with Crippen LogP contribution >= 0.6 is 15.9 Å². The molecule has 0 aliphatic carbocycles. The van der Waals surface area contributed by atoms with Crippen LogP contribution in [-0.4, -0.2) is 31.3 Å². The second kappa shape index (κ2) is 6.82. The molecule has 0 saturated heterocycles. The number of hydrogen-bond donors (Lipinski definition) is 0. The number of halogens is 1. The Kier molecular flexibility index (Phi) is 5.10. The first kappa shape index (κ1) is 14.9. The minimum absolute atomic E-state index is 0.195. The summed E-state index contributed by atoms with van der Waals surface area (Å²) >= 11 is 3.43. The third-order valence-corrected chi connectivity index (χ3v) is 3.70. The molecule has 0 saturated carbocycles. The maximum atomic E-state index is 12.0. The van der Waals surface area contributed by atoms with Crippen molar-refractivity contribution < 1.29 is 4.79 Å². The molecule has 0 fully saturated rings. The Bertz CT molecular complexity index is 573. The lowest BCUT2D eigenvalue weighted by Gasteiger charge is -2.08. The third-order valence-electron chi connectivity index (χ3n) is 3.17. The fraction of sp³-hybridized carbons (Fsp3) is 0.235. The molecule has 0 bridgehead atoms. The van der Waals surface area contributed by atoms with Crippen LogP contribution in [0.3, 0.4) is 0 Å². The largest absolute Gasteiger partial charge is 0.309 e. The standard InChI is InChI=1S/C17H18BrNO/c1-19(2)12-11-17(20)15-5-3-13(4-6-15)14-7-9-16(18)10-8-14/h3-10H,11-12H2,1-2H3. The molecule has 0 aliphatic heterocycles. The van der Waals surface area contributed by atoms with E-state index >= 15 is 0 Å². The van der Waals surface area contributed by atoms with Gasteiger partial charge in [-0.25, -0.2) is 0 Å². The van der Waals surface area contributed by atoms with E-state index < -0.39 is 0 Å². The Morgan fingerprint density at radius 1 is 0.950 bits per heavy atom. The van der Waals surface area contributed by atoms with Gasteiger partial charge in [0.1, 0.15) is 0 Å². The highest BCUT2D eigenvalue weighted by molar-refractivity contribution is 9.10. The first-order valence-electron chi connectivity index (χ1n) is 6.60. The Morgan fingerprint density at radius 3 is 1.95 bits per heavy atom. The molecule has 0 aliphatic rings. The minimum Gasteiger partial charge on any atom is -0.309 e. The van der Waals surface area contributed by atoms with Crippen molar-refractivity contribution in [2.45, 2.75) is 6.42 Å². The number of benzene rings is 2. The summed E-state index contributed by atoms with van der Waals surface area (Å²) in [7, 11) is 3.95. The highest BCUT2D eigenvalue weighted by Gasteiger charge is 2.06. The van der Waals surface area contributed by atoms with Gasteiger partial charge in [0.2, 0.25) is 0 Å². The number of carbonyl (C=O) groups excluding carboxylic acids is 1. The Labute approximate surface area is 128 Å². The van der Waals surface area contributed by atoms with E-state index in [4.69, 9.17) is 0 Å². The van der Waals surface area contributed by atoms with Gasteiger partial charge in [0.25, 0.3) is 0 Å². The van der Waals surface area contributed by atoms with Crippen molar-refractivity contribution >= 4 is 21.7 Å². The van der Waals surface area contributed by atoms with E-state index in [1.165, 1.54) is 0 Å². The van der Waals surface area contributed by atoms with Crippen molar-refractivity contribution in [2.75, 3.05) is 20.6 Å². The van der Waals surface area contributed by atoms with Crippen LogP contribution in [0.1, 0.15) is 16.8 Å². The zero-order chi connectivity index (χ0) is 14.5. The molecule has 2 rings (SSSR count). The van der Waals surface area contributed by atoms with Crippen LogP contribution in [0, 0.1) is 0 Å². The molecule has 3 heteroatoms. The lowest BCUT2D eigenvalue weighted by molar-refractivity contribution is 0.0972. The highest BCUT2D eigenvalue weighted by Crippen LogP contribution is 2.22. The quantitative estimate of drug-likeness (QED) is 0.763. The Balaban J connectivity index is 2.10. The summed E-state index contributed by atoms with van der Waals surface area (Å²) in [5, 5.41) is 0. The lowest BCUT2D eigenvalue weighted by Crippen LogP contribution is -2.16. The first-order valence-corrected chi connectivity index (χ1v) is 7.39. The van der Waals surface area contributed by atoms with Gasteiger partial charge in [0, 0.05) is 23.0 Å². The van der Waals surface area contributed by atoms with E-state index in [9.17, 15) is 4.79 Å². The summed E-state index contributed by atoms with van der Waals surface area (Å²) in [6.45, 7) is 0.785. The van der Waals surface area contributed by atoms with Crippen LogP contribution in [-0.2, 0) is 0 Å². The predicted octanol–water partition coefficient (Wildman–Crippen LogP) is 4.25. The van der Waals surface area contributed by atoms with Crippen molar-refractivity contribution in [2.24, 2.45) is 0 Å². The summed E-state index contributed by atoms with van der Waals surface area (Å²) in [5.41, 5.74) is 3.06. The lowest BCUT2D eigenvalue weighted by atomic mass is 10.0. The zero-order valence-electron chi connectivity index (χ0n) is 11.8. The van der Waals surface area contributed by atoms with Gasteiger partial charge in [0.05, 0.1) is 0 Å². The number of Topliss-reactive ketones (excluding diaryl/α,β-unsaturated/α-hetero) is 1.